The number of allylic oxidation sites excluding steroid dienone is 3. The molecule has 0 saturated carbocycles. The Morgan fingerprint density at radius 1 is 1.00 bits per heavy atom. The van der Waals surface area contributed by atoms with Gasteiger partial charge in [0.25, 0.3) is 0 Å². The summed E-state index contributed by atoms with van der Waals surface area (Å²) in [6, 6.07) is 0.562. The molecule has 0 aliphatic carbocycles. The van der Waals surface area contributed by atoms with E-state index >= 15 is 0 Å². The Morgan fingerprint density at radius 3 is 2.07 bits per heavy atom. The van der Waals surface area contributed by atoms with Crippen molar-refractivity contribution >= 4 is 5.91 Å². The Labute approximate surface area is 161 Å². The smallest absolute Gasteiger partial charge is 0.236 e. The Bertz CT molecular complexity index is 577. The maximum atomic E-state index is 13.8. The lowest BCUT2D eigenvalue weighted by atomic mass is 10.2. The number of hydrogen-bond donors (Lipinski definition) is 0. The van der Waals surface area contributed by atoms with Crippen LogP contribution in [0.1, 0.15) is 20.3 Å². The number of hydrogen-bond acceptors (Lipinski definition) is 4. The molecule has 1 unspecified atom stereocenters. The highest BCUT2D eigenvalue weighted by Gasteiger charge is 2.26. The quantitative estimate of drug-likeness (QED) is 0.633. The number of amides is 1. The van der Waals surface area contributed by atoms with Crippen LogP contribution in [0.3, 0.4) is 0 Å². The van der Waals surface area contributed by atoms with Gasteiger partial charge in [0.15, 0.2) is 0 Å². The second-order valence-corrected chi connectivity index (χ2v) is 7.32. The molecule has 7 heteroatoms. The summed E-state index contributed by atoms with van der Waals surface area (Å²) >= 11 is 0. The largest absolute Gasteiger partial charge is 0.367 e. The molecule has 2 aliphatic rings. The van der Waals surface area contributed by atoms with Crippen molar-refractivity contribution in [2.45, 2.75) is 26.3 Å². The van der Waals surface area contributed by atoms with Gasteiger partial charge in [-0.25, -0.2) is 8.78 Å². The summed E-state index contributed by atoms with van der Waals surface area (Å²) in [6.07, 6.45) is 1.87. The molecule has 2 saturated heterocycles. The monoisotopic (exact) mass is 382 g/mol. The van der Waals surface area contributed by atoms with Gasteiger partial charge in [0.1, 0.15) is 11.7 Å². The van der Waals surface area contributed by atoms with Crippen LogP contribution in [0.15, 0.2) is 36.6 Å². The van der Waals surface area contributed by atoms with Gasteiger partial charge >= 0.3 is 0 Å². The zero-order chi connectivity index (χ0) is 20.0. The molecule has 0 aromatic carbocycles. The predicted molar refractivity (Wildman–Crippen MR) is 104 cm³/mol. The number of halogens is 2. The van der Waals surface area contributed by atoms with Gasteiger partial charge in [-0.3, -0.25) is 14.6 Å². The summed E-state index contributed by atoms with van der Waals surface area (Å²) in [7, 11) is 0. The van der Waals surface area contributed by atoms with Crippen LogP contribution in [0.5, 0.6) is 0 Å². The van der Waals surface area contributed by atoms with E-state index in [1.165, 1.54) is 0 Å². The van der Waals surface area contributed by atoms with E-state index in [2.05, 4.69) is 36.8 Å². The van der Waals surface area contributed by atoms with Gasteiger partial charge in [0.05, 0.1) is 12.2 Å². The van der Waals surface area contributed by atoms with Crippen molar-refractivity contribution < 1.29 is 13.6 Å². The Hall–Kier alpha value is -1.73. The first-order valence-electron chi connectivity index (χ1n) is 9.71. The van der Waals surface area contributed by atoms with Crippen molar-refractivity contribution in [2.24, 2.45) is 0 Å². The van der Waals surface area contributed by atoms with E-state index in [9.17, 15) is 13.6 Å². The highest BCUT2D eigenvalue weighted by molar-refractivity contribution is 5.78. The molecule has 5 nitrogen and oxygen atoms in total. The van der Waals surface area contributed by atoms with Gasteiger partial charge in [-0.15, -0.1) is 0 Å². The second-order valence-electron chi connectivity index (χ2n) is 7.32. The number of carbonyl (C=O) groups excluding carboxylic acids is 1. The van der Waals surface area contributed by atoms with E-state index < -0.39 is 11.7 Å². The molecule has 0 aromatic heterocycles. The fraction of sp³-hybridized carbons (Fsp3) is 0.650. The zero-order valence-corrected chi connectivity index (χ0v) is 16.6. The van der Waals surface area contributed by atoms with Crippen molar-refractivity contribution in [2.75, 3.05) is 58.9 Å². The van der Waals surface area contributed by atoms with Gasteiger partial charge in [-0.1, -0.05) is 20.1 Å². The van der Waals surface area contributed by atoms with Gasteiger partial charge in [0.2, 0.25) is 5.91 Å². The van der Waals surface area contributed by atoms with E-state index in [4.69, 9.17) is 0 Å². The molecule has 1 amide bonds. The van der Waals surface area contributed by atoms with Crippen LogP contribution < -0.4 is 0 Å². The first-order chi connectivity index (χ1) is 12.8. The van der Waals surface area contributed by atoms with Crippen LogP contribution >= 0.6 is 0 Å². The summed E-state index contributed by atoms with van der Waals surface area (Å²) in [5, 5.41) is 0. The molecule has 0 spiro atoms. The average molecular weight is 382 g/mol. The molecular weight excluding hydrogens is 350 g/mol. The van der Waals surface area contributed by atoms with E-state index in [-0.39, 0.29) is 11.6 Å². The molecule has 0 aromatic rings. The van der Waals surface area contributed by atoms with Gasteiger partial charge in [-0.05, 0) is 13.3 Å². The third kappa shape index (κ3) is 6.14. The number of rotatable bonds is 7. The minimum absolute atomic E-state index is 0.158. The standard InChI is InChI=1S/C20H32F2N4O/c1-5-17(3)24-10-12-26(13-11-24)20(27)15-23-6-8-25(9-7-23)18(4)19(22)14-16(2)21/h14,17H,2,4-13,15H2,1,3H3/b19-14+. The lowest BCUT2D eigenvalue weighted by Crippen LogP contribution is -2.54. The van der Waals surface area contributed by atoms with Gasteiger partial charge < -0.3 is 9.80 Å². The van der Waals surface area contributed by atoms with Crippen molar-refractivity contribution in [1.82, 2.24) is 19.6 Å². The molecule has 0 N–H and O–H groups in total. The summed E-state index contributed by atoms with van der Waals surface area (Å²) in [4.78, 5) is 20.8. The summed E-state index contributed by atoms with van der Waals surface area (Å²) in [5.41, 5.74) is 0.168. The molecule has 2 aliphatic heterocycles. The number of piperazine rings is 2. The maximum absolute atomic E-state index is 13.8. The van der Waals surface area contributed by atoms with E-state index in [0.29, 0.717) is 38.8 Å². The highest BCUT2D eigenvalue weighted by atomic mass is 19.1. The molecule has 1 atom stereocenters. The summed E-state index contributed by atoms with van der Waals surface area (Å²) in [6.45, 7) is 17.4. The van der Waals surface area contributed by atoms with Crippen LogP contribution in [0.25, 0.3) is 0 Å². The molecule has 0 bridgehead atoms. The van der Waals surface area contributed by atoms with E-state index in [0.717, 1.165) is 38.7 Å². The zero-order valence-electron chi connectivity index (χ0n) is 16.6. The molecule has 2 fully saturated rings. The second kappa shape index (κ2) is 9.99. The minimum atomic E-state index is -0.827. The third-order valence-corrected chi connectivity index (χ3v) is 5.55. The minimum Gasteiger partial charge on any atom is -0.367 e. The lowest BCUT2D eigenvalue weighted by molar-refractivity contribution is -0.134. The lowest BCUT2D eigenvalue weighted by Gasteiger charge is -2.40. The van der Waals surface area contributed by atoms with Crippen LogP contribution in [0.4, 0.5) is 8.78 Å². The first-order valence-corrected chi connectivity index (χ1v) is 9.71. The molecule has 27 heavy (non-hydrogen) atoms. The number of carbonyl (C=O) groups is 1. The highest BCUT2D eigenvalue weighted by Crippen LogP contribution is 2.19. The molecule has 152 valence electrons. The van der Waals surface area contributed by atoms with E-state index in [1.54, 1.807) is 4.90 Å². The Kier molecular flexibility index (Phi) is 7.98. The van der Waals surface area contributed by atoms with Crippen molar-refractivity contribution in [1.29, 1.82) is 0 Å². The van der Waals surface area contributed by atoms with Gasteiger partial charge in [0, 0.05) is 64.5 Å². The third-order valence-electron chi connectivity index (χ3n) is 5.55. The molecular formula is C20H32F2N4O. The van der Waals surface area contributed by atoms with Crippen molar-refractivity contribution in [3.05, 3.63) is 36.6 Å². The number of nitrogens with zero attached hydrogens (tertiary/aromatic N) is 4. The first kappa shape index (κ1) is 21.6. The predicted octanol–water partition coefficient (Wildman–Crippen LogP) is 2.40. The Balaban J connectivity index is 1.75. The molecule has 2 rings (SSSR count). The Morgan fingerprint density at radius 2 is 1.56 bits per heavy atom. The fourth-order valence-electron chi connectivity index (χ4n) is 3.51. The SMILES string of the molecule is C=C(F)/C=C(/F)C(=C)N1CCN(CC(=O)N2CCN(C(C)CC)CC2)CC1. The molecule has 0 radical (unpaired) electrons. The van der Waals surface area contributed by atoms with Gasteiger partial charge in [-0.2, -0.15) is 0 Å². The fourth-order valence-corrected chi connectivity index (χ4v) is 3.51. The van der Waals surface area contributed by atoms with Crippen LogP contribution in [-0.2, 0) is 4.79 Å². The van der Waals surface area contributed by atoms with Crippen LogP contribution in [-0.4, -0.2) is 90.5 Å². The maximum Gasteiger partial charge on any atom is 0.236 e. The van der Waals surface area contributed by atoms with Crippen molar-refractivity contribution in [3.63, 3.8) is 0 Å². The average Bonchev–Trinajstić information content (AvgIpc) is 2.67. The molecule has 2 heterocycles. The normalized spacial score (nSPS) is 21.3. The van der Waals surface area contributed by atoms with E-state index in [1.807, 2.05) is 4.90 Å². The van der Waals surface area contributed by atoms with Crippen LogP contribution in [0.2, 0.25) is 0 Å². The topological polar surface area (TPSA) is 30.0 Å². The van der Waals surface area contributed by atoms with Crippen LogP contribution in [0, 0.1) is 0 Å². The summed E-state index contributed by atoms with van der Waals surface area (Å²) in [5.74, 6) is -1.37. The summed E-state index contributed by atoms with van der Waals surface area (Å²) < 4.78 is 26.6. The van der Waals surface area contributed by atoms with Crippen molar-refractivity contribution in [3.8, 4) is 0 Å².